The van der Waals surface area contributed by atoms with E-state index in [1.807, 2.05) is 13.0 Å². The van der Waals surface area contributed by atoms with E-state index in [-0.39, 0.29) is 12.2 Å². The van der Waals surface area contributed by atoms with E-state index in [0.717, 1.165) is 10.9 Å². The number of nitrogens with one attached hydrogen (secondary N) is 1. The number of amides is 1. The number of nitrogens with zero attached hydrogens (tertiary/aromatic N) is 2. The topological polar surface area (TPSA) is 71.4 Å². The quantitative estimate of drug-likeness (QED) is 0.866. The standard InChI is InChI=1S/C12H10ClN3O2/c1-7-4-8-2-3-9(13)10(11(8)14-5-7)12(17)15-6-16-18/h2-5H,6H2,1H3,(H,15,17). The van der Waals surface area contributed by atoms with E-state index in [4.69, 9.17) is 11.6 Å². The van der Waals surface area contributed by atoms with Crippen molar-refractivity contribution in [2.45, 2.75) is 6.92 Å². The first-order valence-corrected chi connectivity index (χ1v) is 5.63. The van der Waals surface area contributed by atoms with Crippen LogP contribution < -0.4 is 5.32 Å². The van der Waals surface area contributed by atoms with Gasteiger partial charge in [0.1, 0.15) is 0 Å². The normalized spacial score (nSPS) is 10.3. The maximum absolute atomic E-state index is 11.9. The van der Waals surface area contributed by atoms with Gasteiger partial charge < -0.3 is 5.32 Å². The van der Waals surface area contributed by atoms with Gasteiger partial charge in [-0.25, -0.2) is 0 Å². The third-order valence-electron chi connectivity index (χ3n) is 2.47. The van der Waals surface area contributed by atoms with Gasteiger partial charge in [0, 0.05) is 11.6 Å². The van der Waals surface area contributed by atoms with E-state index in [2.05, 4.69) is 15.5 Å². The Kier molecular flexibility index (Phi) is 3.53. The van der Waals surface area contributed by atoms with Crippen LogP contribution in [0.3, 0.4) is 0 Å². The lowest BCUT2D eigenvalue weighted by Crippen LogP contribution is -2.24. The zero-order valence-electron chi connectivity index (χ0n) is 9.61. The number of aromatic nitrogens is 1. The summed E-state index contributed by atoms with van der Waals surface area (Å²) in [6.07, 6.45) is 1.66. The van der Waals surface area contributed by atoms with Gasteiger partial charge in [0.25, 0.3) is 5.91 Å². The fraction of sp³-hybridized carbons (Fsp3) is 0.167. The number of pyridine rings is 1. The van der Waals surface area contributed by atoms with Crippen molar-refractivity contribution in [3.63, 3.8) is 0 Å². The summed E-state index contributed by atoms with van der Waals surface area (Å²) < 4.78 is 0. The molecular weight excluding hydrogens is 254 g/mol. The van der Waals surface area contributed by atoms with Crippen molar-refractivity contribution < 1.29 is 4.79 Å². The minimum atomic E-state index is -0.457. The molecule has 1 amide bonds. The number of benzene rings is 1. The molecule has 2 aromatic rings. The molecule has 0 aliphatic heterocycles. The molecule has 1 aromatic heterocycles. The van der Waals surface area contributed by atoms with E-state index in [0.29, 0.717) is 10.5 Å². The minimum Gasteiger partial charge on any atom is -0.330 e. The van der Waals surface area contributed by atoms with Crippen molar-refractivity contribution in [1.82, 2.24) is 10.3 Å². The van der Waals surface area contributed by atoms with Crippen LogP contribution >= 0.6 is 11.6 Å². The van der Waals surface area contributed by atoms with Crippen molar-refractivity contribution in [2.75, 3.05) is 6.67 Å². The highest BCUT2D eigenvalue weighted by molar-refractivity contribution is 6.35. The molecule has 0 aliphatic rings. The lowest BCUT2D eigenvalue weighted by Gasteiger charge is -2.07. The predicted molar refractivity (Wildman–Crippen MR) is 69.6 cm³/mol. The number of nitroso groups, excluding NO2 is 1. The summed E-state index contributed by atoms with van der Waals surface area (Å²) in [7, 11) is 0. The molecule has 1 N–H and O–H groups in total. The zero-order chi connectivity index (χ0) is 13.1. The molecule has 6 heteroatoms. The number of hydrogen-bond donors (Lipinski definition) is 1. The maximum atomic E-state index is 11.9. The van der Waals surface area contributed by atoms with Gasteiger partial charge in [-0.2, -0.15) is 0 Å². The molecule has 0 spiro atoms. The molecule has 92 valence electrons. The maximum Gasteiger partial charge on any atom is 0.256 e. The van der Waals surface area contributed by atoms with E-state index in [1.165, 1.54) is 0 Å². The van der Waals surface area contributed by atoms with Crippen molar-refractivity contribution in [1.29, 1.82) is 0 Å². The molecular formula is C12H10ClN3O2. The molecule has 1 heterocycles. The Bertz CT molecular complexity index is 628. The van der Waals surface area contributed by atoms with Gasteiger partial charge in [0.15, 0.2) is 6.67 Å². The fourth-order valence-corrected chi connectivity index (χ4v) is 1.93. The Hall–Kier alpha value is -2.01. The largest absolute Gasteiger partial charge is 0.330 e. The average Bonchev–Trinajstić information content (AvgIpc) is 2.36. The Morgan fingerprint density at radius 1 is 1.50 bits per heavy atom. The van der Waals surface area contributed by atoms with Gasteiger partial charge in [0.2, 0.25) is 0 Å². The summed E-state index contributed by atoms with van der Waals surface area (Å²) in [4.78, 5) is 26.1. The number of carbonyl (C=O) groups excluding carboxylic acids is 1. The predicted octanol–water partition coefficient (Wildman–Crippen LogP) is 2.65. The highest BCUT2D eigenvalue weighted by atomic mass is 35.5. The summed E-state index contributed by atoms with van der Waals surface area (Å²) in [5.74, 6) is -0.457. The average molecular weight is 264 g/mol. The SMILES string of the molecule is Cc1cnc2c(C(=O)NCN=O)c(Cl)ccc2c1. The Morgan fingerprint density at radius 3 is 3.00 bits per heavy atom. The van der Waals surface area contributed by atoms with Crippen LogP contribution in [0.2, 0.25) is 5.02 Å². The molecule has 0 unspecified atom stereocenters. The van der Waals surface area contributed by atoms with Crippen molar-refractivity contribution >= 4 is 28.4 Å². The summed E-state index contributed by atoms with van der Waals surface area (Å²) in [5, 5.41) is 6.05. The number of fused-ring (bicyclic) bond motifs is 1. The van der Waals surface area contributed by atoms with E-state index >= 15 is 0 Å². The fourth-order valence-electron chi connectivity index (χ4n) is 1.70. The van der Waals surface area contributed by atoms with Gasteiger partial charge in [-0.1, -0.05) is 17.7 Å². The van der Waals surface area contributed by atoms with Gasteiger partial charge in [-0.3, -0.25) is 9.78 Å². The Morgan fingerprint density at radius 2 is 2.28 bits per heavy atom. The zero-order valence-corrected chi connectivity index (χ0v) is 10.4. The molecule has 2 rings (SSSR count). The number of rotatable bonds is 3. The molecule has 0 saturated heterocycles. The van der Waals surface area contributed by atoms with Crippen LogP contribution in [0.5, 0.6) is 0 Å². The highest BCUT2D eigenvalue weighted by Crippen LogP contribution is 2.25. The second-order valence-corrected chi connectivity index (χ2v) is 4.21. The first-order chi connectivity index (χ1) is 8.63. The third-order valence-corrected chi connectivity index (χ3v) is 2.78. The van der Waals surface area contributed by atoms with Crippen molar-refractivity contribution in [3.8, 4) is 0 Å². The summed E-state index contributed by atoms with van der Waals surface area (Å²) in [6.45, 7) is 1.62. The molecule has 0 saturated carbocycles. The Labute approximate surface area is 108 Å². The van der Waals surface area contributed by atoms with Crippen LogP contribution in [-0.2, 0) is 0 Å². The molecule has 0 atom stereocenters. The highest BCUT2D eigenvalue weighted by Gasteiger charge is 2.15. The molecule has 18 heavy (non-hydrogen) atoms. The van der Waals surface area contributed by atoms with Crippen molar-refractivity contribution in [3.05, 3.63) is 45.5 Å². The third kappa shape index (κ3) is 2.31. The van der Waals surface area contributed by atoms with Crippen LogP contribution in [0, 0.1) is 11.8 Å². The lowest BCUT2D eigenvalue weighted by molar-refractivity contribution is 0.0956. The molecule has 0 bridgehead atoms. The van der Waals surface area contributed by atoms with Crippen LogP contribution in [-0.4, -0.2) is 17.6 Å². The minimum absolute atomic E-state index is 0.262. The van der Waals surface area contributed by atoms with E-state index in [1.54, 1.807) is 18.3 Å². The van der Waals surface area contributed by atoms with Gasteiger partial charge >= 0.3 is 0 Å². The van der Waals surface area contributed by atoms with E-state index in [9.17, 15) is 9.70 Å². The Balaban J connectivity index is 2.57. The molecule has 0 radical (unpaired) electrons. The molecule has 0 aliphatic carbocycles. The van der Waals surface area contributed by atoms with Gasteiger partial charge in [-0.15, -0.1) is 4.91 Å². The summed E-state index contributed by atoms with van der Waals surface area (Å²) >= 11 is 6.01. The van der Waals surface area contributed by atoms with Crippen LogP contribution in [0.15, 0.2) is 29.6 Å². The molecule has 0 fully saturated rings. The van der Waals surface area contributed by atoms with Gasteiger partial charge in [-0.05, 0) is 29.8 Å². The van der Waals surface area contributed by atoms with E-state index < -0.39 is 5.91 Å². The molecule has 5 nitrogen and oxygen atoms in total. The smallest absolute Gasteiger partial charge is 0.256 e. The lowest BCUT2D eigenvalue weighted by atomic mass is 10.1. The van der Waals surface area contributed by atoms with Gasteiger partial charge in [0.05, 0.1) is 16.1 Å². The first-order valence-electron chi connectivity index (χ1n) is 5.25. The van der Waals surface area contributed by atoms with Crippen LogP contribution in [0.1, 0.15) is 15.9 Å². The molecule has 1 aromatic carbocycles. The second kappa shape index (κ2) is 5.10. The number of aryl methyl sites for hydroxylation is 1. The number of hydrogen-bond acceptors (Lipinski definition) is 4. The summed E-state index contributed by atoms with van der Waals surface area (Å²) in [5.41, 5.74) is 1.76. The van der Waals surface area contributed by atoms with Crippen LogP contribution in [0.25, 0.3) is 10.9 Å². The summed E-state index contributed by atoms with van der Waals surface area (Å²) in [6, 6.07) is 5.34. The van der Waals surface area contributed by atoms with Crippen molar-refractivity contribution in [2.24, 2.45) is 5.18 Å². The second-order valence-electron chi connectivity index (χ2n) is 3.80. The first kappa shape index (κ1) is 12.4. The monoisotopic (exact) mass is 263 g/mol. The van der Waals surface area contributed by atoms with Crippen LogP contribution in [0.4, 0.5) is 0 Å². The number of carbonyl (C=O) groups is 1. The number of halogens is 1.